The minimum Gasteiger partial charge on any atom is -0.394 e. The largest absolute Gasteiger partial charge is 0.394 e. The van der Waals surface area contributed by atoms with Crippen LogP contribution in [0.5, 0.6) is 0 Å². The molecule has 484 valence electrons. The van der Waals surface area contributed by atoms with E-state index >= 15 is 0 Å². The molecule has 4 heteroatoms. The highest BCUT2D eigenvalue weighted by Crippen LogP contribution is 2.20. The van der Waals surface area contributed by atoms with Gasteiger partial charge in [-0.25, -0.2) is 0 Å². The third-order valence-electron chi connectivity index (χ3n) is 17.8. The molecule has 0 aromatic carbocycles. The van der Waals surface area contributed by atoms with E-state index < -0.39 is 12.1 Å². The number of carbonyl (C=O) groups is 1. The lowest BCUT2D eigenvalue weighted by atomic mass is 10.0. The maximum atomic E-state index is 12.6. The first-order chi connectivity index (χ1) is 40.7. The summed E-state index contributed by atoms with van der Waals surface area (Å²) in [6.07, 6.45) is 104. The lowest BCUT2D eigenvalue weighted by molar-refractivity contribution is -0.123. The molecule has 82 heavy (non-hydrogen) atoms. The van der Waals surface area contributed by atoms with Crippen molar-refractivity contribution >= 4 is 5.91 Å². The van der Waals surface area contributed by atoms with Crippen LogP contribution < -0.4 is 5.32 Å². The van der Waals surface area contributed by atoms with Gasteiger partial charge in [0.2, 0.25) is 5.91 Å². The topological polar surface area (TPSA) is 69.6 Å². The number of unbranched alkanes of at least 4 members (excludes halogenated alkanes) is 58. The molecule has 0 bridgehead atoms. The first kappa shape index (κ1) is 80.3. The van der Waals surface area contributed by atoms with Crippen LogP contribution in [0.2, 0.25) is 0 Å². The summed E-state index contributed by atoms with van der Waals surface area (Å²) in [4.78, 5) is 12.6. The first-order valence-corrected chi connectivity index (χ1v) is 37.9. The minimum absolute atomic E-state index is 0.0649. The van der Waals surface area contributed by atoms with Crippen LogP contribution in [0.1, 0.15) is 425 Å². The van der Waals surface area contributed by atoms with Crippen LogP contribution in [-0.2, 0) is 4.79 Å². The number of nitrogens with one attached hydrogen (secondary N) is 1. The molecular weight excluding hydrogens is 999 g/mol. The Morgan fingerprint density at radius 3 is 0.780 bits per heavy atom. The second kappa shape index (κ2) is 73.6. The van der Waals surface area contributed by atoms with Crippen LogP contribution in [0.3, 0.4) is 0 Å². The molecule has 0 aliphatic heterocycles. The van der Waals surface area contributed by atoms with Crippen LogP contribution in [0.4, 0.5) is 0 Å². The van der Waals surface area contributed by atoms with Gasteiger partial charge in [0, 0.05) is 6.42 Å². The van der Waals surface area contributed by atoms with Crippen molar-refractivity contribution in [3.05, 3.63) is 48.6 Å². The Morgan fingerprint density at radius 1 is 0.293 bits per heavy atom. The molecule has 0 heterocycles. The van der Waals surface area contributed by atoms with E-state index in [1.165, 1.54) is 366 Å². The quantitative estimate of drug-likeness (QED) is 0.0420. The van der Waals surface area contributed by atoms with Crippen molar-refractivity contribution in [1.82, 2.24) is 5.32 Å². The zero-order valence-corrected chi connectivity index (χ0v) is 56.0. The van der Waals surface area contributed by atoms with Crippen molar-refractivity contribution in [2.24, 2.45) is 0 Å². The molecule has 0 radical (unpaired) electrons. The number of allylic oxidation sites excluding steroid dienone is 7. The number of aliphatic hydroxyl groups excluding tert-OH is 2. The van der Waals surface area contributed by atoms with E-state index in [-0.39, 0.29) is 12.5 Å². The Labute approximate surface area is 515 Å². The maximum Gasteiger partial charge on any atom is 0.220 e. The molecule has 0 spiro atoms. The van der Waals surface area contributed by atoms with Gasteiger partial charge in [0.05, 0.1) is 18.8 Å². The Kier molecular flexibility index (Phi) is 72.1. The highest BCUT2D eigenvalue weighted by molar-refractivity contribution is 5.76. The van der Waals surface area contributed by atoms with Crippen LogP contribution >= 0.6 is 0 Å². The van der Waals surface area contributed by atoms with Gasteiger partial charge in [-0.05, 0) is 64.2 Å². The number of amides is 1. The molecule has 0 rings (SSSR count). The molecule has 0 aliphatic carbocycles. The number of aliphatic hydroxyl groups is 2. The van der Waals surface area contributed by atoms with Gasteiger partial charge in [0.1, 0.15) is 0 Å². The van der Waals surface area contributed by atoms with Gasteiger partial charge in [-0.15, -0.1) is 0 Å². The number of rotatable bonds is 71. The van der Waals surface area contributed by atoms with Crippen LogP contribution in [0, 0.1) is 0 Å². The Morgan fingerprint density at radius 2 is 0.512 bits per heavy atom. The van der Waals surface area contributed by atoms with Gasteiger partial charge >= 0.3 is 0 Å². The third-order valence-corrected chi connectivity index (χ3v) is 17.8. The summed E-state index contributed by atoms with van der Waals surface area (Å²) in [5, 5.41) is 23.3. The van der Waals surface area contributed by atoms with Gasteiger partial charge in [0.15, 0.2) is 0 Å². The van der Waals surface area contributed by atoms with Crippen LogP contribution in [0.25, 0.3) is 0 Å². The molecule has 0 aromatic heterocycles. The average Bonchev–Trinajstić information content (AvgIpc) is 3.50. The smallest absolute Gasteiger partial charge is 0.220 e. The fourth-order valence-electron chi connectivity index (χ4n) is 12.1. The van der Waals surface area contributed by atoms with Crippen LogP contribution in [-0.4, -0.2) is 34.9 Å². The van der Waals surface area contributed by atoms with E-state index in [1.807, 2.05) is 6.08 Å². The second-order valence-electron chi connectivity index (χ2n) is 26.1. The summed E-state index contributed by atoms with van der Waals surface area (Å²) in [5.41, 5.74) is 0. The minimum atomic E-state index is -0.863. The molecule has 2 atom stereocenters. The highest BCUT2D eigenvalue weighted by atomic mass is 16.3. The molecule has 4 nitrogen and oxygen atoms in total. The predicted molar refractivity (Wildman–Crippen MR) is 368 cm³/mol. The van der Waals surface area contributed by atoms with E-state index in [0.717, 1.165) is 38.5 Å². The molecule has 2 unspecified atom stereocenters. The fourth-order valence-corrected chi connectivity index (χ4v) is 12.1. The standard InChI is InChI=1S/C78H149NO3/c1-3-5-7-9-11-13-15-17-19-21-23-25-27-29-31-33-35-36-37-38-39-40-41-42-44-46-48-50-52-54-56-58-60-62-64-66-68-70-72-74-78(82)79-76(75-80)77(81)73-71-69-67-65-63-61-59-57-55-53-51-49-47-45-43-34-32-30-28-26-24-22-20-18-16-14-12-10-8-6-4-2/h15,17,21,23,63,65,71,73,76-77,80-81H,3-14,16,18-20,22,24-62,64,66-70,72,74-75H2,1-2H3,(H,79,82)/b17-15-,23-21-,65-63+,73-71+. The number of hydrogen-bond donors (Lipinski definition) is 3. The van der Waals surface area contributed by atoms with E-state index in [0.29, 0.717) is 6.42 Å². The van der Waals surface area contributed by atoms with E-state index in [9.17, 15) is 15.0 Å². The Hall–Kier alpha value is -1.65. The van der Waals surface area contributed by atoms with Gasteiger partial charge in [-0.1, -0.05) is 403 Å². The molecular formula is C78H149NO3. The van der Waals surface area contributed by atoms with Crippen molar-refractivity contribution in [1.29, 1.82) is 0 Å². The first-order valence-electron chi connectivity index (χ1n) is 37.9. The van der Waals surface area contributed by atoms with Crippen molar-refractivity contribution in [3.8, 4) is 0 Å². The van der Waals surface area contributed by atoms with Crippen LogP contribution in [0.15, 0.2) is 48.6 Å². The molecule has 0 aliphatic rings. The summed E-state index contributed by atoms with van der Waals surface area (Å²) in [7, 11) is 0. The zero-order valence-electron chi connectivity index (χ0n) is 56.0. The summed E-state index contributed by atoms with van der Waals surface area (Å²) in [6.45, 7) is 4.34. The lowest BCUT2D eigenvalue weighted by Crippen LogP contribution is -2.45. The molecule has 0 fully saturated rings. The van der Waals surface area contributed by atoms with Crippen molar-refractivity contribution < 1.29 is 15.0 Å². The van der Waals surface area contributed by atoms with E-state index in [4.69, 9.17) is 0 Å². The maximum absolute atomic E-state index is 12.6. The van der Waals surface area contributed by atoms with Gasteiger partial charge < -0.3 is 15.5 Å². The van der Waals surface area contributed by atoms with Gasteiger partial charge in [-0.2, -0.15) is 0 Å². The fraction of sp³-hybridized carbons (Fsp3) is 0.885. The zero-order chi connectivity index (χ0) is 59.1. The third kappa shape index (κ3) is 69.1. The summed E-state index contributed by atoms with van der Waals surface area (Å²) in [6, 6.07) is -0.640. The SMILES string of the molecule is CCCCCCC/C=C\C/C=C\CCCCCCCCCCCCCCCCCCCCCCCCCCCCCC(=O)NC(CO)C(O)/C=C/CC/C=C/CCCCCCCCCCCCCCCCCCCCCCCCCCC. The van der Waals surface area contributed by atoms with Gasteiger partial charge in [-0.3, -0.25) is 4.79 Å². The highest BCUT2D eigenvalue weighted by Gasteiger charge is 2.18. The van der Waals surface area contributed by atoms with E-state index in [1.54, 1.807) is 6.08 Å². The summed E-state index contributed by atoms with van der Waals surface area (Å²) < 4.78 is 0. The van der Waals surface area contributed by atoms with Gasteiger partial charge in [0.25, 0.3) is 0 Å². The Balaban J connectivity index is 3.42. The summed E-state index contributed by atoms with van der Waals surface area (Å²) >= 11 is 0. The average molecular weight is 1150 g/mol. The summed E-state index contributed by atoms with van der Waals surface area (Å²) in [5.74, 6) is -0.0649. The molecule has 1 amide bonds. The normalized spacial score (nSPS) is 12.9. The predicted octanol–water partition coefficient (Wildman–Crippen LogP) is 26.1. The molecule has 0 aromatic rings. The molecule has 3 N–H and O–H groups in total. The number of hydrogen-bond acceptors (Lipinski definition) is 3. The lowest BCUT2D eigenvalue weighted by Gasteiger charge is -2.19. The van der Waals surface area contributed by atoms with Crippen molar-refractivity contribution in [3.63, 3.8) is 0 Å². The monoisotopic (exact) mass is 1150 g/mol. The number of carbonyl (C=O) groups excluding carboxylic acids is 1. The molecule has 0 saturated heterocycles. The Bertz CT molecular complexity index is 1300. The van der Waals surface area contributed by atoms with Crippen molar-refractivity contribution in [2.75, 3.05) is 6.61 Å². The van der Waals surface area contributed by atoms with Crippen molar-refractivity contribution in [2.45, 2.75) is 437 Å². The van der Waals surface area contributed by atoms with E-state index in [2.05, 4.69) is 55.6 Å². The second-order valence-corrected chi connectivity index (χ2v) is 26.1. The molecule has 0 saturated carbocycles.